The Hall–Kier alpha value is -2.34. The Balaban J connectivity index is 1.52. The molecule has 6 heteroatoms. The van der Waals surface area contributed by atoms with Gasteiger partial charge in [0.15, 0.2) is 0 Å². The molecule has 1 aliphatic rings. The molecule has 1 aromatic carbocycles. The Kier molecular flexibility index (Phi) is 7.31. The van der Waals surface area contributed by atoms with Crippen molar-refractivity contribution in [3.8, 4) is 5.75 Å². The lowest BCUT2D eigenvalue weighted by molar-refractivity contribution is -0.116. The minimum absolute atomic E-state index is 0.104. The third-order valence-corrected chi connectivity index (χ3v) is 6.38. The maximum absolute atomic E-state index is 12.4. The summed E-state index contributed by atoms with van der Waals surface area (Å²) in [6.07, 6.45) is 4.97. The highest BCUT2D eigenvalue weighted by atomic mass is 32.1. The van der Waals surface area contributed by atoms with E-state index in [0.29, 0.717) is 35.9 Å². The lowest BCUT2D eigenvalue weighted by Gasteiger charge is -2.12. The van der Waals surface area contributed by atoms with E-state index in [1.54, 1.807) is 0 Å². The zero-order chi connectivity index (χ0) is 20.8. The van der Waals surface area contributed by atoms with Gasteiger partial charge >= 0.3 is 5.97 Å². The highest BCUT2D eigenvalue weighted by Crippen LogP contribution is 2.38. The molecule has 0 saturated heterocycles. The number of hydrogen-bond donors (Lipinski definition) is 1. The van der Waals surface area contributed by atoms with Crippen molar-refractivity contribution in [1.29, 1.82) is 0 Å². The lowest BCUT2D eigenvalue weighted by Crippen LogP contribution is -2.15. The zero-order valence-electron chi connectivity index (χ0n) is 17.4. The normalized spacial score (nSPS) is 13.1. The highest BCUT2D eigenvalue weighted by molar-refractivity contribution is 7.17. The molecule has 3 rings (SSSR count). The van der Waals surface area contributed by atoms with Crippen molar-refractivity contribution in [2.45, 2.75) is 58.3 Å². The molecule has 0 fully saturated rings. The van der Waals surface area contributed by atoms with Gasteiger partial charge < -0.3 is 14.8 Å². The summed E-state index contributed by atoms with van der Waals surface area (Å²) >= 11 is 1.51. The van der Waals surface area contributed by atoms with Crippen molar-refractivity contribution in [2.24, 2.45) is 0 Å². The van der Waals surface area contributed by atoms with Gasteiger partial charge in [0.2, 0.25) is 5.91 Å². The number of anilines is 1. The summed E-state index contributed by atoms with van der Waals surface area (Å²) in [4.78, 5) is 25.8. The number of carbonyl (C=O) groups is 2. The second-order valence-electron chi connectivity index (χ2n) is 7.63. The third-order valence-electron chi connectivity index (χ3n) is 5.18. The fraction of sp³-hybridized carbons (Fsp3) is 0.478. The van der Waals surface area contributed by atoms with E-state index in [4.69, 9.17) is 9.47 Å². The van der Waals surface area contributed by atoms with Gasteiger partial charge in [-0.05, 0) is 61.3 Å². The van der Waals surface area contributed by atoms with E-state index in [9.17, 15) is 9.59 Å². The van der Waals surface area contributed by atoms with E-state index in [2.05, 4.69) is 31.3 Å². The fourth-order valence-corrected chi connectivity index (χ4v) is 4.83. The standard InChI is InChI=1S/C23H29NO4S/c1-15(2)16-10-12-17(13-11-16)28-14-6-9-20(25)24-22-21(23(26)27-3)18-7-4-5-8-19(18)29-22/h10-13,15H,4-9,14H2,1-3H3,(H,24,25). The first kappa shape index (κ1) is 21.4. The summed E-state index contributed by atoms with van der Waals surface area (Å²) in [5.41, 5.74) is 2.87. The molecule has 2 aromatic rings. The minimum atomic E-state index is -0.368. The number of nitrogens with one attached hydrogen (secondary N) is 1. The number of methoxy groups -OCH3 is 1. The molecule has 1 N–H and O–H groups in total. The molecule has 0 bridgehead atoms. The molecule has 0 aliphatic heterocycles. The highest BCUT2D eigenvalue weighted by Gasteiger charge is 2.26. The molecular weight excluding hydrogens is 386 g/mol. The molecule has 1 heterocycles. The van der Waals surface area contributed by atoms with Crippen LogP contribution < -0.4 is 10.1 Å². The summed E-state index contributed by atoms with van der Waals surface area (Å²) in [6.45, 7) is 4.79. The van der Waals surface area contributed by atoms with Crippen LogP contribution in [-0.4, -0.2) is 25.6 Å². The van der Waals surface area contributed by atoms with E-state index in [-0.39, 0.29) is 11.9 Å². The number of hydrogen-bond acceptors (Lipinski definition) is 5. The molecule has 0 atom stereocenters. The van der Waals surface area contributed by atoms with E-state index in [0.717, 1.165) is 37.0 Å². The fourth-order valence-electron chi connectivity index (χ4n) is 3.53. The predicted molar refractivity (Wildman–Crippen MR) is 116 cm³/mol. The summed E-state index contributed by atoms with van der Waals surface area (Å²) in [6, 6.07) is 8.07. The monoisotopic (exact) mass is 415 g/mol. The summed E-state index contributed by atoms with van der Waals surface area (Å²) in [5.74, 6) is 0.833. The third kappa shape index (κ3) is 5.38. The van der Waals surface area contributed by atoms with Gasteiger partial charge in [0.25, 0.3) is 0 Å². The van der Waals surface area contributed by atoms with Gasteiger partial charge in [-0.1, -0.05) is 26.0 Å². The number of thiophene rings is 1. The number of rotatable bonds is 8. The van der Waals surface area contributed by atoms with E-state index >= 15 is 0 Å². The van der Waals surface area contributed by atoms with Crippen LogP contribution in [0.5, 0.6) is 5.75 Å². The SMILES string of the molecule is COC(=O)c1c(NC(=O)CCCOc2ccc(C(C)C)cc2)sc2c1CCCC2. The van der Waals surface area contributed by atoms with Gasteiger partial charge in [-0.25, -0.2) is 4.79 Å². The number of fused-ring (bicyclic) bond motifs is 1. The van der Waals surface area contributed by atoms with Crippen LogP contribution in [0.1, 0.15) is 71.8 Å². The topological polar surface area (TPSA) is 64.6 Å². The molecule has 1 aliphatic carbocycles. The van der Waals surface area contributed by atoms with Gasteiger partial charge in [0.05, 0.1) is 19.3 Å². The number of carbonyl (C=O) groups excluding carboxylic acids is 2. The van der Waals surface area contributed by atoms with Crippen LogP contribution in [-0.2, 0) is 22.4 Å². The van der Waals surface area contributed by atoms with Crippen molar-refractivity contribution in [3.05, 3.63) is 45.8 Å². The van der Waals surface area contributed by atoms with Crippen LogP contribution in [0.4, 0.5) is 5.00 Å². The first-order valence-electron chi connectivity index (χ1n) is 10.2. The Morgan fingerprint density at radius 3 is 2.55 bits per heavy atom. The Morgan fingerprint density at radius 2 is 1.86 bits per heavy atom. The van der Waals surface area contributed by atoms with Crippen molar-refractivity contribution in [2.75, 3.05) is 19.0 Å². The van der Waals surface area contributed by atoms with Gasteiger partial charge in [0, 0.05) is 11.3 Å². The molecular formula is C23H29NO4S. The van der Waals surface area contributed by atoms with Crippen LogP contribution in [0.2, 0.25) is 0 Å². The van der Waals surface area contributed by atoms with Crippen molar-refractivity contribution < 1.29 is 19.1 Å². The number of esters is 1. The van der Waals surface area contributed by atoms with E-state index in [1.165, 1.54) is 28.9 Å². The quantitative estimate of drug-likeness (QED) is 0.467. The van der Waals surface area contributed by atoms with Gasteiger partial charge in [-0.3, -0.25) is 4.79 Å². The van der Waals surface area contributed by atoms with Crippen LogP contribution in [0, 0.1) is 0 Å². The summed E-state index contributed by atoms with van der Waals surface area (Å²) in [5, 5.41) is 3.55. The number of aryl methyl sites for hydroxylation is 1. The largest absolute Gasteiger partial charge is 0.494 e. The molecule has 5 nitrogen and oxygen atoms in total. The average Bonchev–Trinajstić information content (AvgIpc) is 3.08. The smallest absolute Gasteiger partial charge is 0.341 e. The maximum atomic E-state index is 12.4. The second-order valence-corrected chi connectivity index (χ2v) is 8.74. The minimum Gasteiger partial charge on any atom is -0.494 e. The first-order valence-corrected chi connectivity index (χ1v) is 11.1. The molecule has 29 heavy (non-hydrogen) atoms. The Morgan fingerprint density at radius 1 is 1.14 bits per heavy atom. The van der Waals surface area contributed by atoms with Crippen molar-refractivity contribution >= 4 is 28.2 Å². The molecule has 0 spiro atoms. The summed E-state index contributed by atoms with van der Waals surface area (Å²) in [7, 11) is 1.38. The van der Waals surface area contributed by atoms with Gasteiger partial charge in [-0.15, -0.1) is 11.3 Å². The maximum Gasteiger partial charge on any atom is 0.341 e. The molecule has 1 aromatic heterocycles. The Labute approximate surface area is 176 Å². The molecule has 1 amide bonds. The Bertz CT molecular complexity index is 855. The molecule has 0 unspecified atom stereocenters. The predicted octanol–water partition coefficient (Wildman–Crippen LogP) is 5.33. The lowest BCUT2D eigenvalue weighted by atomic mass is 9.95. The second kappa shape index (κ2) is 9.92. The van der Waals surface area contributed by atoms with Crippen LogP contribution >= 0.6 is 11.3 Å². The van der Waals surface area contributed by atoms with Gasteiger partial charge in [-0.2, -0.15) is 0 Å². The molecule has 0 saturated carbocycles. The van der Waals surface area contributed by atoms with E-state index < -0.39 is 0 Å². The van der Waals surface area contributed by atoms with Crippen molar-refractivity contribution in [3.63, 3.8) is 0 Å². The average molecular weight is 416 g/mol. The zero-order valence-corrected chi connectivity index (χ0v) is 18.2. The number of amides is 1. The number of ether oxygens (including phenoxy) is 2. The van der Waals surface area contributed by atoms with E-state index in [1.807, 2.05) is 12.1 Å². The number of benzene rings is 1. The van der Waals surface area contributed by atoms with Gasteiger partial charge in [0.1, 0.15) is 10.8 Å². The molecule has 156 valence electrons. The van der Waals surface area contributed by atoms with Crippen LogP contribution in [0.15, 0.2) is 24.3 Å². The summed E-state index contributed by atoms with van der Waals surface area (Å²) < 4.78 is 10.7. The van der Waals surface area contributed by atoms with Crippen LogP contribution in [0.25, 0.3) is 0 Å². The van der Waals surface area contributed by atoms with Crippen molar-refractivity contribution in [1.82, 2.24) is 0 Å². The first-order chi connectivity index (χ1) is 14.0. The molecule has 0 radical (unpaired) electrons. The van der Waals surface area contributed by atoms with Crippen LogP contribution in [0.3, 0.4) is 0 Å².